The van der Waals surface area contributed by atoms with E-state index in [-0.39, 0.29) is 30.0 Å². The van der Waals surface area contributed by atoms with Crippen LogP contribution in [-0.4, -0.2) is 34.9 Å². The highest BCUT2D eigenvalue weighted by atomic mass is 35.5. The molecular weight excluding hydrogens is 356 g/mol. The van der Waals surface area contributed by atoms with Crippen LogP contribution in [0.2, 0.25) is 5.02 Å². The summed E-state index contributed by atoms with van der Waals surface area (Å²) < 4.78 is 0. The van der Waals surface area contributed by atoms with Crippen molar-refractivity contribution in [3.8, 4) is 0 Å². The van der Waals surface area contributed by atoms with Crippen LogP contribution >= 0.6 is 11.6 Å². The second kappa shape index (κ2) is 8.14. The Balaban J connectivity index is 1.89. The minimum atomic E-state index is -0.550. The Morgan fingerprint density at radius 1 is 1.08 bits per heavy atom. The van der Waals surface area contributed by atoms with Crippen LogP contribution in [-0.2, 0) is 5.41 Å². The summed E-state index contributed by atoms with van der Waals surface area (Å²) in [6.45, 7) is 6.09. The van der Waals surface area contributed by atoms with E-state index in [1.165, 1.54) is 6.20 Å². The second-order valence-corrected chi connectivity index (χ2v) is 7.12. The molecule has 26 heavy (non-hydrogen) atoms. The molecule has 0 aliphatic heterocycles. The zero-order valence-electron chi connectivity index (χ0n) is 14.9. The second-order valence-electron chi connectivity index (χ2n) is 6.72. The SMILES string of the molecule is CC(C)(C)c1ncc(C(=O)NCCNC(=O)c2ccccc2Cl)c(=O)[nH]1. The molecule has 1 heterocycles. The summed E-state index contributed by atoms with van der Waals surface area (Å²) in [5.41, 5.74) is -0.533. The first-order valence-corrected chi connectivity index (χ1v) is 8.48. The maximum absolute atomic E-state index is 12.1. The van der Waals surface area contributed by atoms with Crippen LogP contribution in [0.3, 0.4) is 0 Å². The molecule has 0 spiro atoms. The highest BCUT2D eigenvalue weighted by Gasteiger charge is 2.19. The van der Waals surface area contributed by atoms with Crippen LogP contribution in [0.15, 0.2) is 35.3 Å². The van der Waals surface area contributed by atoms with Crippen molar-refractivity contribution in [3.05, 3.63) is 62.8 Å². The van der Waals surface area contributed by atoms with Gasteiger partial charge in [0.1, 0.15) is 11.4 Å². The summed E-state index contributed by atoms with van der Waals surface area (Å²) in [5, 5.41) is 5.58. The molecule has 3 N–H and O–H groups in total. The van der Waals surface area contributed by atoms with Gasteiger partial charge in [-0.05, 0) is 12.1 Å². The average molecular weight is 377 g/mol. The van der Waals surface area contributed by atoms with Crippen molar-refractivity contribution in [2.24, 2.45) is 0 Å². The Morgan fingerprint density at radius 3 is 2.19 bits per heavy atom. The number of H-pyrrole nitrogens is 1. The summed E-state index contributed by atoms with van der Waals surface area (Å²) in [7, 11) is 0. The number of nitrogens with zero attached hydrogens (tertiary/aromatic N) is 1. The third-order valence-corrected chi connectivity index (χ3v) is 3.90. The Kier molecular flexibility index (Phi) is 6.15. The number of rotatable bonds is 5. The van der Waals surface area contributed by atoms with Gasteiger partial charge >= 0.3 is 0 Å². The molecule has 0 unspecified atom stereocenters. The monoisotopic (exact) mass is 376 g/mol. The molecule has 0 aliphatic carbocycles. The molecule has 8 heteroatoms. The van der Waals surface area contributed by atoms with Crippen molar-refractivity contribution in [2.75, 3.05) is 13.1 Å². The molecule has 0 fully saturated rings. The summed E-state index contributed by atoms with van der Waals surface area (Å²) in [5.74, 6) is -0.379. The number of carbonyl (C=O) groups is 2. The van der Waals surface area contributed by atoms with E-state index in [0.717, 1.165) is 0 Å². The molecule has 7 nitrogen and oxygen atoms in total. The third kappa shape index (κ3) is 4.92. The fourth-order valence-corrected chi connectivity index (χ4v) is 2.35. The Hall–Kier alpha value is -2.67. The van der Waals surface area contributed by atoms with Crippen molar-refractivity contribution in [1.29, 1.82) is 0 Å². The maximum atomic E-state index is 12.1. The molecule has 2 amide bonds. The van der Waals surface area contributed by atoms with E-state index in [9.17, 15) is 14.4 Å². The Bertz CT molecular complexity index is 871. The lowest BCUT2D eigenvalue weighted by Crippen LogP contribution is -2.37. The Labute approximate surface area is 156 Å². The lowest BCUT2D eigenvalue weighted by atomic mass is 9.96. The Morgan fingerprint density at radius 2 is 1.65 bits per heavy atom. The number of aromatic amines is 1. The topological polar surface area (TPSA) is 104 Å². The molecule has 1 aromatic carbocycles. The molecule has 0 radical (unpaired) electrons. The van der Waals surface area contributed by atoms with Gasteiger partial charge < -0.3 is 15.6 Å². The van der Waals surface area contributed by atoms with E-state index in [1.54, 1.807) is 24.3 Å². The molecular formula is C18H21ClN4O3. The molecule has 0 saturated carbocycles. The number of hydrogen-bond acceptors (Lipinski definition) is 4. The van der Waals surface area contributed by atoms with Gasteiger partial charge in [0, 0.05) is 24.7 Å². The van der Waals surface area contributed by atoms with E-state index >= 15 is 0 Å². The van der Waals surface area contributed by atoms with E-state index in [0.29, 0.717) is 16.4 Å². The van der Waals surface area contributed by atoms with Crippen molar-refractivity contribution < 1.29 is 9.59 Å². The molecule has 1 aromatic heterocycles. The number of hydrogen-bond donors (Lipinski definition) is 3. The first-order chi connectivity index (χ1) is 12.2. The summed E-state index contributed by atoms with van der Waals surface area (Å²) >= 11 is 5.95. The number of amides is 2. The van der Waals surface area contributed by atoms with Gasteiger partial charge in [-0.2, -0.15) is 0 Å². The first-order valence-electron chi connectivity index (χ1n) is 8.11. The van der Waals surface area contributed by atoms with Crippen molar-refractivity contribution >= 4 is 23.4 Å². The van der Waals surface area contributed by atoms with Gasteiger partial charge in [-0.25, -0.2) is 4.98 Å². The number of carbonyl (C=O) groups excluding carboxylic acids is 2. The molecule has 0 bridgehead atoms. The maximum Gasteiger partial charge on any atom is 0.263 e. The lowest BCUT2D eigenvalue weighted by molar-refractivity contribution is 0.0926. The third-order valence-electron chi connectivity index (χ3n) is 3.57. The van der Waals surface area contributed by atoms with Crippen LogP contribution in [0.1, 0.15) is 47.3 Å². The minimum Gasteiger partial charge on any atom is -0.350 e. The average Bonchev–Trinajstić information content (AvgIpc) is 2.57. The standard InChI is InChI=1S/C18H21ClN4O3/c1-18(2,3)17-22-10-12(16(26)23-17)15(25)21-9-8-20-14(24)11-6-4-5-7-13(11)19/h4-7,10H,8-9H2,1-3H3,(H,20,24)(H,21,25)(H,22,23,26). The quantitative estimate of drug-likeness (QED) is 0.693. The molecule has 138 valence electrons. The van der Waals surface area contributed by atoms with E-state index < -0.39 is 11.5 Å². The van der Waals surface area contributed by atoms with Crippen LogP contribution in [0.25, 0.3) is 0 Å². The number of halogens is 1. The lowest BCUT2D eigenvalue weighted by Gasteiger charge is -2.16. The van der Waals surface area contributed by atoms with Crippen LogP contribution in [0.4, 0.5) is 0 Å². The van der Waals surface area contributed by atoms with Crippen LogP contribution in [0.5, 0.6) is 0 Å². The first kappa shape index (κ1) is 19.7. The minimum absolute atomic E-state index is 0.0737. The summed E-state index contributed by atoms with van der Waals surface area (Å²) in [6.07, 6.45) is 1.26. The number of nitrogens with one attached hydrogen (secondary N) is 3. The molecule has 2 aromatic rings. The van der Waals surface area contributed by atoms with Crippen LogP contribution < -0.4 is 16.2 Å². The van der Waals surface area contributed by atoms with E-state index in [2.05, 4.69) is 20.6 Å². The fourth-order valence-electron chi connectivity index (χ4n) is 2.13. The molecule has 0 atom stereocenters. The fraction of sp³-hybridized carbons (Fsp3) is 0.333. The molecule has 2 rings (SSSR count). The van der Waals surface area contributed by atoms with Gasteiger partial charge in [0.05, 0.1) is 10.6 Å². The highest BCUT2D eigenvalue weighted by molar-refractivity contribution is 6.33. The zero-order valence-corrected chi connectivity index (χ0v) is 15.6. The van der Waals surface area contributed by atoms with Gasteiger partial charge in [-0.15, -0.1) is 0 Å². The van der Waals surface area contributed by atoms with Gasteiger partial charge in [-0.1, -0.05) is 44.5 Å². The van der Waals surface area contributed by atoms with Crippen molar-refractivity contribution in [1.82, 2.24) is 20.6 Å². The predicted octanol–water partition coefficient (Wildman–Crippen LogP) is 1.88. The van der Waals surface area contributed by atoms with Crippen molar-refractivity contribution in [2.45, 2.75) is 26.2 Å². The largest absolute Gasteiger partial charge is 0.350 e. The number of benzene rings is 1. The van der Waals surface area contributed by atoms with Crippen molar-refractivity contribution in [3.63, 3.8) is 0 Å². The zero-order chi connectivity index (χ0) is 19.3. The van der Waals surface area contributed by atoms with Gasteiger partial charge in [0.15, 0.2) is 0 Å². The van der Waals surface area contributed by atoms with Gasteiger partial charge in [0.2, 0.25) is 0 Å². The highest BCUT2D eigenvalue weighted by Crippen LogP contribution is 2.16. The summed E-state index contributed by atoms with van der Waals surface area (Å²) in [6, 6.07) is 6.68. The smallest absolute Gasteiger partial charge is 0.263 e. The van der Waals surface area contributed by atoms with Gasteiger partial charge in [0.25, 0.3) is 17.4 Å². The van der Waals surface area contributed by atoms with E-state index in [4.69, 9.17) is 11.6 Å². The summed E-state index contributed by atoms with van der Waals surface area (Å²) in [4.78, 5) is 42.9. The number of aromatic nitrogens is 2. The normalized spacial score (nSPS) is 11.1. The van der Waals surface area contributed by atoms with E-state index in [1.807, 2.05) is 20.8 Å². The molecule has 0 aliphatic rings. The predicted molar refractivity (Wildman–Crippen MR) is 99.7 cm³/mol. The molecule has 0 saturated heterocycles. The van der Waals surface area contributed by atoms with Gasteiger partial charge in [-0.3, -0.25) is 14.4 Å². The van der Waals surface area contributed by atoms with Crippen LogP contribution in [0, 0.1) is 0 Å².